The number of carbonyl (C=O) groups is 2. The Labute approximate surface area is 136 Å². The molecule has 0 aromatic heterocycles. The molecule has 0 aliphatic carbocycles. The first kappa shape index (κ1) is 15.7. The van der Waals surface area contributed by atoms with Crippen LogP contribution in [0, 0.1) is 6.92 Å². The highest BCUT2D eigenvalue weighted by molar-refractivity contribution is 9.10. The highest BCUT2D eigenvalue weighted by Crippen LogP contribution is 2.27. The van der Waals surface area contributed by atoms with Gasteiger partial charge in [-0.25, -0.2) is 4.79 Å². The van der Waals surface area contributed by atoms with Crippen LogP contribution >= 0.6 is 27.5 Å². The smallest absolute Gasteiger partial charge is 0.337 e. The van der Waals surface area contributed by atoms with Crippen molar-refractivity contribution in [3.8, 4) is 0 Å². The van der Waals surface area contributed by atoms with Crippen molar-refractivity contribution in [1.82, 2.24) is 0 Å². The molecule has 0 aliphatic heterocycles. The molecule has 0 fully saturated rings. The lowest BCUT2D eigenvalue weighted by Gasteiger charge is -2.08. The first-order valence-corrected chi connectivity index (χ1v) is 7.30. The van der Waals surface area contributed by atoms with Crippen LogP contribution in [0.4, 0.5) is 0 Å². The number of hydrogen-bond donors (Lipinski definition) is 0. The molecule has 0 aliphatic rings. The van der Waals surface area contributed by atoms with Crippen LogP contribution in [0.15, 0.2) is 40.9 Å². The summed E-state index contributed by atoms with van der Waals surface area (Å²) in [6.07, 6.45) is 0. The maximum Gasteiger partial charge on any atom is 0.337 e. The summed E-state index contributed by atoms with van der Waals surface area (Å²) in [5.74, 6) is -0.599. The maximum absolute atomic E-state index is 12.5. The Morgan fingerprint density at radius 1 is 1.10 bits per heavy atom. The van der Waals surface area contributed by atoms with E-state index in [4.69, 9.17) is 11.6 Å². The molecule has 0 saturated heterocycles. The zero-order chi connectivity index (χ0) is 15.6. The van der Waals surface area contributed by atoms with Crippen LogP contribution in [-0.2, 0) is 4.74 Å². The van der Waals surface area contributed by atoms with E-state index in [2.05, 4.69) is 20.7 Å². The third kappa shape index (κ3) is 3.34. The van der Waals surface area contributed by atoms with Crippen molar-refractivity contribution in [2.75, 3.05) is 7.11 Å². The Morgan fingerprint density at radius 2 is 1.67 bits per heavy atom. The number of esters is 1. The SMILES string of the molecule is COC(=O)c1ccc(C(=O)c2cc(Cl)cc(C)c2Br)cc1. The van der Waals surface area contributed by atoms with Crippen LogP contribution in [0.3, 0.4) is 0 Å². The number of ketones is 1. The highest BCUT2D eigenvalue weighted by atomic mass is 79.9. The lowest BCUT2D eigenvalue weighted by molar-refractivity contribution is 0.0600. The zero-order valence-electron chi connectivity index (χ0n) is 11.4. The average Bonchev–Trinajstić information content (AvgIpc) is 2.49. The molecule has 0 N–H and O–H groups in total. The van der Waals surface area contributed by atoms with E-state index in [0.29, 0.717) is 26.2 Å². The van der Waals surface area contributed by atoms with Crippen molar-refractivity contribution in [1.29, 1.82) is 0 Å². The molecule has 108 valence electrons. The molecule has 0 unspecified atom stereocenters. The summed E-state index contributed by atoms with van der Waals surface area (Å²) < 4.78 is 5.34. The lowest BCUT2D eigenvalue weighted by atomic mass is 10.0. The second kappa shape index (κ2) is 6.41. The molecular formula is C16H12BrClO3. The Morgan fingerprint density at radius 3 is 2.24 bits per heavy atom. The first-order chi connectivity index (χ1) is 9.93. The van der Waals surface area contributed by atoms with E-state index in [0.717, 1.165) is 5.56 Å². The fourth-order valence-electron chi connectivity index (χ4n) is 1.92. The second-order valence-electron chi connectivity index (χ2n) is 4.48. The number of halogens is 2. The van der Waals surface area contributed by atoms with Crippen molar-refractivity contribution in [2.24, 2.45) is 0 Å². The molecule has 0 radical (unpaired) electrons. The van der Waals surface area contributed by atoms with E-state index in [1.807, 2.05) is 6.92 Å². The summed E-state index contributed by atoms with van der Waals surface area (Å²) in [5, 5.41) is 0.505. The van der Waals surface area contributed by atoms with Crippen molar-refractivity contribution in [3.05, 3.63) is 68.1 Å². The van der Waals surface area contributed by atoms with Gasteiger partial charge >= 0.3 is 5.97 Å². The van der Waals surface area contributed by atoms with Crippen LogP contribution < -0.4 is 0 Å². The van der Waals surface area contributed by atoms with Gasteiger partial charge in [-0.3, -0.25) is 4.79 Å². The van der Waals surface area contributed by atoms with Crippen LogP contribution in [0.25, 0.3) is 0 Å². The van der Waals surface area contributed by atoms with Crippen LogP contribution in [-0.4, -0.2) is 18.9 Å². The van der Waals surface area contributed by atoms with E-state index < -0.39 is 5.97 Å². The van der Waals surface area contributed by atoms with Gasteiger partial charge in [-0.1, -0.05) is 23.7 Å². The molecule has 2 aromatic carbocycles. The van der Waals surface area contributed by atoms with Crippen LogP contribution in [0.1, 0.15) is 31.8 Å². The predicted octanol–water partition coefficient (Wildman–Crippen LogP) is 4.43. The van der Waals surface area contributed by atoms with E-state index >= 15 is 0 Å². The highest BCUT2D eigenvalue weighted by Gasteiger charge is 2.16. The Balaban J connectivity index is 2.39. The molecule has 3 nitrogen and oxygen atoms in total. The van der Waals surface area contributed by atoms with Crippen LogP contribution in [0.5, 0.6) is 0 Å². The minimum absolute atomic E-state index is 0.163. The summed E-state index contributed by atoms with van der Waals surface area (Å²) >= 11 is 9.41. The Hall–Kier alpha value is -1.65. The molecule has 0 amide bonds. The third-order valence-corrected chi connectivity index (χ3v) is 4.30. The molecule has 0 saturated carbocycles. The summed E-state index contributed by atoms with van der Waals surface area (Å²) in [6, 6.07) is 9.71. The van der Waals surface area contributed by atoms with Crippen molar-refractivity contribution >= 4 is 39.3 Å². The molecule has 2 aromatic rings. The number of ether oxygens (including phenoxy) is 1. The quantitative estimate of drug-likeness (QED) is 0.595. The fourth-order valence-corrected chi connectivity index (χ4v) is 2.60. The molecule has 2 rings (SSSR count). The van der Waals surface area contributed by atoms with Crippen molar-refractivity contribution in [2.45, 2.75) is 6.92 Å². The normalized spacial score (nSPS) is 10.3. The van der Waals surface area contributed by atoms with Gasteiger partial charge in [0.15, 0.2) is 5.78 Å². The first-order valence-electron chi connectivity index (χ1n) is 6.12. The number of benzene rings is 2. The second-order valence-corrected chi connectivity index (χ2v) is 5.71. The summed E-state index contributed by atoms with van der Waals surface area (Å²) in [5.41, 5.74) is 2.25. The third-order valence-electron chi connectivity index (χ3n) is 3.03. The molecule has 0 bridgehead atoms. The van der Waals surface area contributed by atoms with Gasteiger partial charge < -0.3 is 4.74 Å². The number of hydrogen-bond acceptors (Lipinski definition) is 3. The minimum Gasteiger partial charge on any atom is -0.465 e. The Bertz CT molecular complexity index is 708. The molecule has 5 heteroatoms. The van der Waals surface area contributed by atoms with Crippen molar-refractivity contribution in [3.63, 3.8) is 0 Å². The van der Waals surface area contributed by atoms with Gasteiger partial charge in [0.25, 0.3) is 0 Å². The topological polar surface area (TPSA) is 43.4 Å². The predicted molar refractivity (Wildman–Crippen MR) is 85.1 cm³/mol. The maximum atomic E-state index is 12.5. The number of aryl methyl sites for hydroxylation is 1. The summed E-state index contributed by atoms with van der Waals surface area (Å²) in [7, 11) is 1.31. The van der Waals surface area contributed by atoms with Crippen LogP contribution in [0.2, 0.25) is 5.02 Å². The number of rotatable bonds is 3. The van der Waals surface area contributed by atoms with Gasteiger partial charge in [0.2, 0.25) is 0 Å². The van der Waals surface area contributed by atoms with Gasteiger partial charge in [-0.15, -0.1) is 0 Å². The monoisotopic (exact) mass is 366 g/mol. The van der Waals surface area contributed by atoms with E-state index in [1.54, 1.807) is 36.4 Å². The summed E-state index contributed by atoms with van der Waals surface area (Å²) in [6.45, 7) is 1.87. The van der Waals surface area contributed by atoms with Gasteiger partial charge in [0.05, 0.1) is 12.7 Å². The van der Waals surface area contributed by atoms with Gasteiger partial charge in [0.1, 0.15) is 0 Å². The van der Waals surface area contributed by atoms with Crippen molar-refractivity contribution < 1.29 is 14.3 Å². The largest absolute Gasteiger partial charge is 0.465 e. The Kier molecular flexibility index (Phi) is 4.80. The van der Waals surface area contributed by atoms with Gasteiger partial charge in [-0.2, -0.15) is 0 Å². The molecular weight excluding hydrogens is 356 g/mol. The number of methoxy groups -OCH3 is 1. The average molecular weight is 368 g/mol. The fraction of sp³-hybridized carbons (Fsp3) is 0.125. The van der Waals surface area contributed by atoms with E-state index in [9.17, 15) is 9.59 Å². The minimum atomic E-state index is -0.436. The summed E-state index contributed by atoms with van der Waals surface area (Å²) in [4.78, 5) is 23.9. The lowest BCUT2D eigenvalue weighted by Crippen LogP contribution is -2.05. The van der Waals surface area contributed by atoms with E-state index in [-0.39, 0.29) is 5.78 Å². The molecule has 0 heterocycles. The van der Waals surface area contributed by atoms with Gasteiger partial charge in [-0.05, 0) is 52.7 Å². The standard InChI is InChI=1S/C16H12BrClO3/c1-9-7-12(18)8-13(14(9)17)15(19)10-3-5-11(6-4-10)16(20)21-2/h3-8H,1-2H3. The van der Waals surface area contributed by atoms with Gasteiger partial charge in [0, 0.05) is 20.6 Å². The zero-order valence-corrected chi connectivity index (χ0v) is 13.8. The molecule has 0 spiro atoms. The number of carbonyl (C=O) groups excluding carboxylic acids is 2. The van der Waals surface area contributed by atoms with E-state index in [1.165, 1.54) is 7.11 Å². The molecule has 0 atom stereocenters. The molecule has 21 heavy (non-hydrogen) atoms.